The van der Waals surface area contributed by atoms with Crippen molar-refractivity contribution < 1.29 is 18.0 Å². The molecule has 2 heterocycles. The topological polar surface area (TPSA) is 32.3 Å². The van der Waals surface area contributed by atoms with Crippen LogP contribution in [-0.4, -0.2) is 36.5 Å². The van der Waals surface area contributed by atoms with Crippen molar-refractivity contribution in [1.82, 2.24) is 10.2 Å². The molecule has 160 valence electrons. The summed E-state index contributed by atoms with van der Waals surface area (Å²) < 4.78 is 38.2. The quantitative estimate of drug-likeness (QED) is 0.722. The van der Waals surface area contributed by atoms with Crippen LogP contribution in [0.1, 0.15) is 49.7 Å². The van der Waals surface area contributed by atoms with E-state index < -0.39 is 11.7 Å². The van der Waals surface area contributed by atoms with Crippen molar-refractivity contribution in [3.05, 3.63) is 34.3 Å². The van der Waals surface area contributed by atoms with E-state index in [0.717, 1.165) is 56.6 Å². The van der Waals surface area contributed by atoms with E-state index in [4.69, 9.17) is 11.6 Å². The van der Waals surface area contributed by atoms with Gasteiger partial charge in [-0.25, -0.2) is 0 Å². The number of nitrogens with zero attached hydrogens (tertiary/aromatic N) is 1. The van der Waals surface area contributed by atoms with Crippen LogP contribution in [0.15, 0.2) is 18.2 Å². The molecule has 29 heavy (non-hydrogen) atoms. The lowest BCUT2D eigenvalue weighted by Gasteiger charge is -2.45. The monoisotopic (exact) mass is 428 g/mol. The molecule has 3 fully saturated rings. The number of carbonyl (C=O) groups excluding carboxylic acids is 1. The third-order valence-electron chi connectivity index (χ3n) is 6.98. The van der Waals surface area contributed by atoms with E-state index in [9.17, 15) is 18.0 Å². The Morgan fingerprint density at radius 1 is 1.17 bits per heavy atom. The highest BCUT2D eigenvalue weighted by molar-refractivity contribution is 6.31. The molecule has 0 aromatic heterocycles. The molecule has 3 nitrogen and oxygen atoms in total. The molecular weight excluding hydrogens is 401 g/mol. The highest BCUT2D eigenvalue weighted by Crippen LogP contribution is 2.39. The van der Waals surface area contributed by atoms with Crippen LogP contribution in [0.5, 0.6) is 0 Å². The molecule has 7 heteroatoms. The minimum atomic E-state index is -4.35. The molecule has 1 amide bonds. The second-order valence-electron chi connectivity index (χ2n) is 9.07. The highest BCUT2D eigenvalue weighted by Gasteiger charge is 2.36. The van der Waals surface area contributed by atoms with Crippen LogP contribution in [-0.2, 0) is 17.4 Å². The second-order valence-corrected chi connectivity index (χ2v) is 9.47. The molecule has 2 unspecified atom stereocenters. The average Bonchev–Trinajstić information content (AvgIpc) is 2.63. The third kappa shape index (κ3) is 5.08. The second kappa shape index (κ2) is 8.46. The maximum atomic E-state index is 12.7. The number of hydrogen-bond acceptors (Lipinski definition) is 2. The summed E-state index contributed by atoms with van der Waals surface area (Å²) >= 11 is 6.07. The van der Waals surface area contributed by atoms with E-state index in [1.807, 2.05) is 0 Å². The largest absolute Gasteiger partial charge is 0.416 e. The van der Waals surface area contributed by atoms with Gasteiger partial charge >= 0.3 is 6.18 Å². The molecule has 3 aliphatic rings. The molecule has 4 rings (SSSR count). The highest BCUT2D eigenvalue weighted by atomic mass is 35.5. The first-order valence-corrected chi connectivity index (χ1v) is 11.0. The Morgan fingerprint density at radius 3 is 2.69 bits per heavy atom. The molecule has 0 bridgehead atoms. The van der Waals surface area contributed by atoms with Crippen molar-refractivity contribution in [2.24, 2.45) is 17.8 Å². The molecule has 2 atom stereocenters. The number of aryl methyl sites for hydroxylation is 1. The number of rotatable bonds is 5. The van der Waals surface area contributed by atoms with Crippen LogP contribution in [0.4, 0.5) is 13.2 Å². The molecule has 1 aromatic rings. The van der Waals surface area contributed by atoms with E-state index in [2.05, 4.69) is 10.2 Å². The van der Waals surface area contributed by atoms with E-state index in [0.29, 0.717) is 30.2 Å². The summed E-state index contributed by atoms with van der Waals surface area (Å²) in [5.74, 6) is 2.16. The van der Waals surface area contributed by atoms with Gasteiger partial charge in [-0.15, -0.1) is 0 Å². The molecule has 0 spiro atoms. The first kappa shape index (κ1) is 21.0. The minimum Gasteiger partial charge on any atom is -0.352 e. The van der Waals surface area contributed by atoms with Crippen LogP contribution >= 0.6 is 11.6 Å². The number of nitrogens with one attached hydrogen (secondary N) is 1. The first-order chi connectivity index (χ1) is 13.8. The molecule has 1 saturated carbocycles. The van der Waals surface area contributed by atoms with Gasteiger partial charge in [-0.3, -0.25) is 4.79 Å². The molecule has 1 N–H and O–H groups in total. The Balaban J connectivity index is 1.19. The van der Waals surface area contributed by atoms with E-state index >= 15 is 0 Å². The number of likely N-dealkylation sites (tertiary alicyclic amines) is 1. The molecule has 1 aromatic carbocycles. The molecule has 2 aliphatic heterocycles. The van der Waals surface area contributed by atoms with Gasteiger partial charge in [0, 0.05) is 30.6 Å². The summed E-state index contributed by atoms with van der Waals surface area (Å²) in [7, 11) is 0. The standard InChI is InChI=1S/C22H28ClF3N2O/c23-19-11-18(22(24,25)26)5-3-16(19)2-1-14-9-15(10-14)12-28-8-7-17-4-6-21(29)27-20(17)13-28/h3,5,11,14-15,17,20H,1-2,4,6-10,12-13H2,(H,27,29). The molecule has 2 saturated heterocycles. The normalized spacial score (nSPS) is 30.4. The fraction of sp³-hybridized carbons (Fsp3) is 0.682. The average molecular weight is 429 g/mol. The predicted molar refractivity (Wildman–Crippen MR) is 107 cm³/mol. The van der Waals surface area contributed by atoms with Gasteiger partial charge in [0.05, 0.1) is 5.56 Å². The molecule has 0 radical (unpaired) electrons. The van der Waals surface area contributed by atoms with Crippen molar-refractivity contribution in [3.63, 3.8) is 0 Å². The fourth-order valence-corrected chi connectivity index (χ4v) is 5.52. The van der Waals surface area contributed by atoms with Crippen molar-refractivity contribution in [2.75, 3.05) is 19.6 Å². The van der Waals surface area contributed by atoms with Crippen LogP contribution in [0.3, 0.4) is 0 Å². The number of fused-ring (bicyclic) bond motifs is 1. The lowest BCUT2D eigenvalue weighted by molar-refractivity contribution is -0.137. The molecule has 1 aliphatic carbocycles. The fourth-order valence-electron chi connectivity index (χ4n) is 5.25. The Kier molecular flexibility index (Phi) is 6.12. The number of alkyl halides is 3. The smallest absolute Gasteiger partial charge is 0.352 e. The maximum absolute atomic E-state index is 12.7. The summed E-state index contributed by atoms with van der Waals surface area (Å²) in [5, 5.41) is 3.38. The van der Waals surface area contributed by atoms with Crippen LogP contribution in [0.25, 0.3) is 0 Å². The summed E-state index contributed by atoms with van der Waals surface area (Å²) in [5.41, 5.74) is 0.117. The van der Waals surface area contributed by atoms with E-state index in [1.165, 1.54) is 25.3 Å². The maximum Gasteiger partial charge on any atom is 0.416 e. The zero-order valence-electron chi connectivity index (χ0n) is 16.5. The summed E-state index contributed by atoms with van der Waals surface area (Å²) in [6.45, 7) is 3.19. The van der Waals surface area contributed by atoms with Gasteiger partial charge in [-0.1, -0.05) is 17.7 Å². The van der Waals surface area contributed by atoms with E-state index in [1.54, 1.807) is 0 Å². The number of piperidine rings is 2. The predicted octanol–water partition coefficient (Wildman–Crippen LogP) is 4.92. The molecular formula is C22H28ClF3N2O. The lowest BCUT2D eigenvalue weighted by Crippen LogP contribution is -2.56. The van der Waals surface area contributed by atoms with Gasteiger partial charge in [-0.2, -0.15) is 13.2 Å². The Morgan fingerprint density at radius 2 is 1.97 bits per heavy atom. The Bertz CT molecular complexity index is 748. The van der Waals surface area contributed by atoms with Crippen molar-refractivity contribution in [2.45, 2.75) is 57.2 Å². The van der Waals surface area contributed by atoms with Gasteiger partial charge in [0.1, 0.15) is 0 Å². The Labute approximate surface area is 175 Å². The van der Waals surface area contributed by atoms with E-state index in [-0.39, 0.29) is 10.9 Å². The summed E-state index contributed by atoms with van der Waals surface area (Å²) in [4.78, 5) is 14.1. The zero-order valence-corrected chi connectivity index (χ0v) is 17.2. The van der Waals surface area contributed by atoms with Crippen LogP contribution in [0.2, 0.25) is 5.02 Å². The van der Waals surface area contributed by atoms with Crippen molar-refractivity contribution >= 4 is 17.5 Å². The van der Waals surface area contributed by atoms with Crippen LogP contribution < -0.4 is 5.32 Å². The van der Waals surface area contributed by atoms with Gasteiger partial charge in [0.25, 0.3) is 0 Å². The first-order valence-electron chi connectivity index (χ1n) is 10.7. The summed E-state index contributed by atoms with van der Waals surface area (Å²) in [6, 6.07) is 4.00. The van der Waals surface area contributed by atoms with Gasteiger partial charge < -0.3 is 10.2 Å². The summed E-state index contributed by atoms with van der Waals surface area (Å²) in [6.07, 6.45) is 2.59. The van der Waals surface area contributed by atoms with Crippen LogP contribution in [0, 0.1) is 17.8 Å². The lowest BCUT2D eigenvalue weighted by atomic mass is 9.72. The minimum absolute atomic E-state index is 0.193. The number of amides is 1. The van der Waals surface area contributed by atoms with Gasteiger partial charge in [0.2, 0.25) is 5.91 Å². The van der Waals surface area contributed by atoms with Crippen molar-refractivity contribution in [1.29, 1.82) is 0 Å². The number of benzene rings is 1. The number of hydrogen-bond donors (Lipinski definition) is 1. The SMILES string of the molecule is O=C1CCC2CCN(CC3CC(CCc4ccc(C(F)(F)F)cc4Cl)C3)CC2N1. The Hall–Kier alpha value is -1.27. The zero-order chi connectivity index (χ0) is 20.6. The number of carbonyl (C=O) groups is 1. The number of halogens is 4. The van der Waals surface area contributed by atoms with Crippen molar-refractivity contribution in [3.8, 4) is 0 Å². The van der Waals surface area contributed by atoms with Gasteiger partial charge in [0.15, 0.2) is 0 Å². The van der Waals surface area contributed by atoms with Gasteiger partial charge in [-0.05, 0) is 80.5 Å². The third-order valence-corrected chi connectivity index (χ3v) is 7.33.